The molecule has 1 aliphatic heterocycles. The SMILES string of the molecule is COc1ccc(CN2CCN(Cc3cc(-c4cc(=S)ss4)ccc3O)CC2)cc1. The third kappa shape index (κ3) is 5.24. The molecule has 29 heavy (non-hydrogen) atoms. The highest BCUT2D eigenvalue weighted by atomic mass is 32.9. The Morgan fingerprint density at radius 2 is 1.62 bits per heavy atom. The molecule has 2 heterocycles. The quantitative estimate of drug-likeness (QED) is 0.416. The largest absolute Gasteiger partial charge is 0.508 e. The van der Waals surface area contributed by atoms with E-state index in [1.54, 1.807) is 33.9 Å². The van der Waals surface area contributed by atoms with Crippen molar-refractivity contribution in [3.8, 4) is 21.9 Å². The molecule has 1 aliphatic rings. The Bertz CT molecular complexity index is 1010. The van der Waals surface area contributed by atoms with Crippen LogP contribution in [0.1, 0.15) is 11.1 Å². The van der Waals surface area contributed by atoms with Crippen molar-refractivity contribution in [1.29, 1.82) is 0 Å². The number of aromatic hydroxyl groups is 1. The van der Waals surface area contributed by atoms with E-state index in [9.17, 15) is 5.11 Å². The van der Waals surface area contributed by atoms with Crippen LogP contribution in [-0.4, -0.2) is 48.2 Å². The van der Waals surface area contributed by atoms with Crippen LogP contribution in [0.3, 0.4) is 0 Å². The number of nitrogens with zero attached hydrogens (tertiary/aromatic N) is 2. The van der Waals surface area contributed by atoms with Gasteiger partial charge < -0.3 is 9.84 Å². The van der Waals surface area contributed by atoms with Gasteiger partial charge in [0.25, 0.3) is 0 Å². The molecule has 152 valence electrons. The Morgan fingerprint density at radius 1 is 0.931 bits per heavy atom. The lowest BCUT2D eigenvalue weighted by Crippen LogP contribution is -2.45. The molecule has 0 aliphatic carbocycles. The monoisotopic (exact) mass is 444 g/mol. The molecule has 0 unspecified atom stereocenters. The first kappa shape index (κ1) is 20.5. The summed E-state index contributed by atoms with van der Waals surface area (Å²) in [6.45, 7) is 5.78. The highest BCUT2D eigenvalue weighted by Gasteiger charge is 2.18. The lowest BCUT2D eigenvalue weighted by atomic mass is 10.1. The molecule has 1 N–H and O–H groups in total. The van der Waals surface area contributed by atoms with Gasteiger partial charge in [0, 0.05) is 49.7 Å². The Hall–Kier alpha value is -1.77. The first-order valence-electron chi connectivity index (χ1n) is 9.61. The van der Waals surface area contributed by atoms with Crippen LogP contribution >= 0.6 is 32.9 Å². The Kier molecular flexibility index (Phi) is 6.62. The maximum absolute atomic E-state index is 10.3. The summed E-state index contributed by atoms with van der Waals surface area (Å²) in [5.74, 6) is 1.26. The normalized spacial score (nSPS) is 15.5. The van der Waals surface area contributed by atoms with Crippen molar-refractivity contribution in [2.75, 3.05) is 33.3 Å². The van der Waals surface area contributed by atoms with Gasteiger partial charge in [0.15, 0.2) is 0 Å². The average molecular weight is 445 g/mol. The number of piperazine rings is 1. The summed E-state index contributed by atoms with van der Waals surface area (Å²) in [6, 6.07) is 16.2. The van der Waals surface area contributed by atoms with Crippen LogP contribution < -0.4 is 4.74 Å². The third-order valence-electron chi connectivity index (χ3n) is 5.25. The molecule has 3 aromatic rings. The summed E-state index contributed by atoms with van der Waals surface area (Å²) in [7, 11) is 5.01. The van der Waals surface area contributed by atoms with E-state index in [1.807, 2.05) is 24.3 Å². The standard InChI is InChI=1S/C22H24N2O2S3/c1-26-19-5-2-16(3-6-19)14-23-8-10-24(11-9-23)15-18-12-17(4-7-20(18)25)21-13-22(27)29-28-21/h2-7,12-13,25H,8-11,14-15H2,1H3. The van der Waals surface area contributed by atoms with Crippen molar-refractivity contribution in [3.63, 3.8) is 0 Å². The van der Waals surface area contributed by atoms with Gasteiger partial charge in [0.2, 0.25) is 0 Å². The lowest BCUT2D eigenvalue weighted by Gasteiger charge is -2.35. The van der Waals surface area contributed by atoms with Crippen molar-refractivity contribution in [2.45, 2.75) is 13.1 Å². The van der Waals surface area contributed by atoms with E-state index < -0.39 is 0 Å². The van der Waals surface area contributed by atoms with Gasteiger partial charge in [-0.05, 0) is 47.5 Å². The molecule has 0 amide bonds. The molecule has 1 aromatic heterocycles. The fraction of sp³-hybridized carbons (Fsp3) is 0.318. The van der Waals surface area contributed by atoms with Gasteiger partial charge in [-0.1, -0.05) is 45.0 Å². The molecule has 7 heteroatoms. The zero-order valence-electron chi connectivity index (χ0n) is 16.3. The lowest BCUT2D eigenvalue weighted by molar-refractivity contribution is 0.121. The molecule has 1 fully saturated rings. The first-order valence-corrected chi connectivity index (χ1v) is 12.2. The molecule has 0 radical (unpaired) electrons. The maximum Gasteiger partial charge on any atom is 0.120 e. The number of phenolic OH excluding ortho intramolecular Hbond substituents is 1. The number of rotatable bonds is 6. The topological polar surface area (TPSA) is 35.9 Å². The zero-order chi connectivity index (χ0) is 20.2. The smallest absolute Gasteiger partial charge is 0.120 e. The molecule has 2 aromatic carbocycles. The summed E-state index contributed by atoms with van der Waals surface area (Å²) >= 11 is 5.25. The fourth-order valence-electron chi connectivity index (χ4n) is 3.57. The van der Waals surface area contributed by atoms with E-state index >= 15 is 0 Å². The number of ether oxygens (including phenoxy) is 1. The van der Waals surface area contributed by atoms with Crippen molar-refractivity contribution in [2.24, 2.45) is 0 Å². The number of hydrogen-bond donors (Lipinski definition) is 1. The number of hydrogen-bond acceptors (Lipinski definition) is 7. The second-order valence-electron chi connectivity index (χ2n) is 7.24. The van der Waals surface area contributed by atoms with Crippen LogP contribution in [0.2, 0.25) is 0 Å². The Balaban J connectivity index is 1.35. The third-order valence-corrected chi connectivity index (χ3v) is 8.16. The predicted octanol–water partition coefficient (Wildman–Crippen LogP) is 5.24. The van der Waals surface area contributed by atoms with Gasteiger partial charge in [-0.25, -0.2) is 0 Å². The highest BCUT2D eigenvalue weighted by Crippen LogP contribution is 2.32. The van der Waals surface area contributed by atoms with Crippen LogP contribution in [0.15, 0.2) is 48.5 Å². The van der Waals surface area contributed by atoms with Gasteiger partial charge in [0.05, 0.1) is 7.11 Å². The zero-order valence-corrected chi connectivity index (χ0v) is 18.8. The van der Waals surface area contributed by atoms with Gasteiger partial charge in [0.1, 0.15) is 15.3 Å². The predicted molar refractivity (Wildman–Crippen MR) is 124 cm³/mol. The Morgan fingerprint density at radius 3 is 2.24 bits per heavy atom. The molecule has 0 bridgehead atoms. The summed E-state index contributed by atoms with van der Waals surface area (Å²) < 4.78 is 6.14. The van der Waals surface area contributed by atoms with E-state index in [4.69, 9.17) is 17.0 Å². The van der Waals surface area contributed by atoms with Gasteiger partial charge in [-0.3, -0.25) is 9.80 Å². The van der Waals surface area contributed by atoms with E-state index in [-0.39, 0.29) is 0 Å². The van der Waals surface area contributed by atoms with Crippen LogP contribution in [0.5, 0.6) is 11.5 Å². The van der Waals surface area contributed by atoms with Crippen molar-refractivity contribution in [3.05, 3.63) is 63.5 Å². The number of phenols is 1. The molecule has 4 nitrogen and oxygen atoms in total. The Labute approximate surface area is 184 Å². The molecule has 4 rings (SSSR count). The van der Waals surface area contributed by atoms with E-state index in [0.717, 1.165) is 60.0 Å². The molecular formula is C22H24N2O2S3. The maximum atomic E-state index is 10.3. The summed E-state index contributed by atoms with van der Waals surface area (Å²) in [4.78, 5) is 6.07. The molecule has 0 saturated carbocycles. The van der Waals surface area contributed by atoms with Crippen molar-refractivity contribution >= 4 is 32.9 Å². The second kappa shape index (κ2) is 9.36. The average Bonchev–Trinajstić information content (AvgIpc) is 3.18. The molecule has 0 spiro atoms. The minimum Gasteiger partial charge on any atom is -0.508 e. The van der Waals surface area contributed by atoms with E-state index in [2.05, 4.69) is 28.0 Å². The molecule has 0 atom stereocenters. The minimum atomic E-state index is 0.369. The fourth-order valence-corrected chi connectivity index (χ4v) is 5.97. The second-order valence-corrected chi connectivity index (χ2v) is 10.1. The summed E-state index contributed by atoms with van der Waals surface area (Å²) in [5, 5.41) is 10.3. The molecule has 1 saturated heterocycles. The minimum absolute atomic E-state index is 0.369. The van der Waals surface area contributed by atoms with E-state index in [0.29, 0.717) is 5.75 Å². The van der Waals surface area contributed by atoms with Crippen molar-refractivity contribution < 1.29 is 9.84 Å². The van der Waals surface area contributed by atoms with Gasteiger partial charge >= 0.3 is 0 Å². The van der Waals surface area contributed by atoms with Crippen LogP contribution in [0.4, 0.5) is 0 Å². The molecular weight excluding hydrogens is 420 g/mol. The highest BCUT2D eigenvalue weighted by molar-refractivity contribution is 7.80. The number of benzene rings is 2. The summed E-state index contributed by atoms with van der Waals surface area (Å²) in [5.41, 5.74) is 3.42. The van der Waals surface area contributed by atoms with Crippen LogP contribution in [0.25, 0.3) is 10.4 Å². The van der Waals surface area contributed by atoms with Crippen molar-refractivity contribution in [1.82, 2.24) is 9.80 Å². The van der Waals surface area contributed by atoms with Crippen LogP contribution in [0, 0.1) is 3.82 Å². The van der Waals surface area contributed by atoms with Gasteiger partial charge in [-0.15, -0.1) is 0 Å². The number of methoxy groups -OCH3 is 1. The first-order chi connectivity index (χ1) is 14.1. The summed E-state index contributed by atoms with van der Waals surface area (Å²) in [6.07, 6.45) is 0. The van der Waals surface area contributed by atoms with E-state index in [1.165, 1.54) is 10.4 Å². The van der Waals surface area contributed by atoms with Gasteiger partial charge in [-0.2, -0.15) is 0 Å². The van der Waals surface area contributed by atoms with Crippen LogP contribution in [-0.2, 0) is 13.1 Å².